The summed E-state index contributed by atoms with van der Waals surface area (Å²) in [7, 11) is 5.20. The third-order valence-electron chi connectivity index (χ3n) is 5.19. The molecular weight excluding hydrogens is 429 g/mol. The number of hydrogen-bond donors (Lipinski definition) is 2. The van der Waals surface area contributed by atoms with Crippen LogP contribution < -0.4 is 20.1 Å². The van der Waals surface area contributed by atoms with Crippen molar-refractivity contribution < 1.29 is 9.47 Å². The smallest absolute Gasteiger partial charge is 0.191 e. The Morgan fingerprint density at radius 2 is 1.96 bits per heavy atom. The number of nitrogens with zero attached hydrogens (tertiary/aromatic N) is 1. The van der Waals surface area contributed by atoms with E-state index < -0.39 is 0 Å². The molecule has 0 bridgehead atoms. The minimum absolute atomic E-state index is 0. The van der Waals surface area contributed by atoms with Crippen LogP contribution in [-0.4, -0.2) is 40.3 Å². The second-order valence-electron chi connectivity index (χ2n) is 6.49. The molecular formula is C19H32IN3O2. The Morgan fingerprint density at radius 1 is 1.20 bits per heavy atom. The number of hydrogen-bond acceptors (Lipinski definition) is 3. The summed E-state index contributed by atoms with van der Waals surface area (Å²) in [6.07, 6.45) is 6.10. The van der Waals surface area contributed by atoms with Gasteiger partial charge >= 0.3 is 0 Å². The van der Waals surface area contributed by atoms with E-state index in [1.54, 1.807) is 14.2 Å². The van der Waals surface area contributed by atoms with Gasteiger partial charge < -0.3 is 20.1 Å². The highest BCUT2D eigenvalue weighted by molar-refractivity contribution is 14.0. The number of ether oxygens (including phenoxy) is 2. The summed E-state index contributed by atoms with van der Waals surface area (Å²) in [4.78, 5) is 4.33. The maximum atomic E-state index is 5.43. The van der Waals surface area contributed by atoms with E-state index in [-0.39, 0.29) is 24.0 Å². The Labute approximate surface area is 169 Å². The third kappa shape index (κ3) is 5.94. The van der Waals surface area contributed by atoms with Gasteiger partial charge in [0.1, 0.15) is 11.5 Å². The molecule has 0 spiro atoms. The number of nitrogens with one attached hydrogen (secondary N) is 2. The summed E-state index contributed by atoms with van der Waals surface area (Å²) in [5.74, 6) is 2.61. The number of benzene rings is 1. The molecule has 0 amide bonds. The van der Waals surface area contributed by atoms with E-state index in [1.807, 2.05) is 25.2 Å². The Hall–Kier alpha value is -1.18. The third-order valence-corrected chi connectivity index (χ3v) is 5.19. The van der Waals surface area contributed by atoms with Crippen LogP contribution in [0.2, 0.25) is 0 Å². The molecule has 142 valence electrons. The van der Waals surface area contributed by atoms with Gasteiger partial charge in [-0.15, -0.1) is 24.0 Å². The van der Waals surface area contributed by atoms with Crippen LogP contribution in [0.3, 0.4) is 0 Å². The Morgan fingerprint density at radius 3 is 2.48 bits per heavy atom. The molecule has 25 heavy (non-hydrogen) atoms. The van der Waals surface area contributed by atoms with Gasteiger partial charge in [-0.2, -0.15) is 0 Å². The van der Waals surface area contributed by atoms with Crippen LogP contribution in [-0.2, 0) is 6.42 Å². The SMILES string of the molecule is CCC1(CNC(=NC)NCCc2cc(OC)ccc2OC)CCC1.I. The summed E-state index contributed by atoms with van der Waals surface area (Å²) in [6, 6.07) is 5.89. The highest BCUT2D eigenvalue weighted by atomic mass is 127. The predicted molar refractivity (Wildman–Crippen MR) is 115 cm³/mol. The van der Waals surface area contributed by atoms with E-state index in [0.29, 0.717) is 5.41 Å². The lowest BCUT2D eigenvalue weighted by atomic mass is 9.67. The minimum Gasteiger partial charge on any atom is -0.497 e. The Balaban J connectivity index is 0.00000312. The van der Waals surface area contributed by atoms with E-state index in [0.717, 1.165) is 42.5 Å². The Kier molecular flexibility index (Phi) is 9.38. The number of methoxy groups -OCH3 is 2. The van der Waals surface area contributed by atoms with E-state index in [4.69, 9.17) is 9.47 Å². The molecule has 1 saturated carbocycles. The summed E-state index contributed by atoms with van der Waals surface area (Å²) >= 11 is 0. The van der Waals surface area contributed by atoms with Crippen molar-refractivity contribution >= 4 is 29.9 Å². The average Bonchev–Trinajstić information content (AvgIpc) is 2.59. The first-order chi connectivity index (χ1) is 11.7. The maximum Gasteiger partial charge on any atom is 0.191 e. The van der Waals surface area contributed by atoms with Crippen LogP contribution in [0.5, 0.6) is 11.5 Å². The average molecular weight is 461 g/mol. The highest BCUT2D eigenvalue weighted by Crippen LogP contribution is 2.42. The lowest BCUT2D eigenvalue weighted by molar-refractivity contribution is 0.131. The molecule has 1 aliphatic carbocycles. The fourth-order valence-corrected chi connectivity index (χ4v) is 3.22. The number of rotatable bonds is 8. The molecule has 2 N–H and O–H groups in total. The molecule has 1 aliphatic rings. The first-order valence-corrected chi connectivity index (χ1v) is 8.82. The van der Waals surface area contributed by atoms with Crippen LogP contribution in [0.1, 0.15) is 38.2 Å². The van der Waals surface area contributed by atoms with Crippen LogP contribution in [0.4, 0.5) is 0 Å². The molecule has 0 radical (unpaired) electrons. The van der Waals surface area contributed by atoms with E-state index in [1.165, 1.54) is 25.7 Å². The van der Waals surface area contributed by atoms with E-state index in [2.05, 4.69) is 22.5 Å². The molecule has 1 fully saturated rings. The summed E-state index contributed by atoms with van der Waals surface area (Å²) < 4.78 is 10.7. The number of halogens is 1. The van der Waals surface area contributed by atoms with Crippen LogP contribution in [0.25, 0.3) is 0 Å². The van der Waals surface area contributed by atoms with Gasteiger partial charge in [-0.05, 0) is 54.9 Å². The largest absolute Gasteiger partial charge is 0.497 e. The van der Waals surface area contributed by atoms with Gasteiger partial charge in [-0.3, -0.25) is 4.99 Å². The van der Waals surface area contributed by atoms with Gasteiger partial charge in [0.05, 0.1) is 14.2 Å². The highest BCUT2D eigenvalue weighted by Gasteiger charge is 2.34. The lowest BCUT2D eigenvalue weighted by Crippen LogP contribution is -2.46. The second-order valence-corrected chi connectivity index (χ2v) is 6.49. The molecule has 2 rings (SSSR count). The lowest BCUT2D eigenvalue weighted by Gasteiger charge is -2.41. The van der Waals surface area contributed by atoms with Gasteiger partial charge in [0.15, 0.2) is 5.96 Å². The van der Waals surface area contributed by atoms with Gasteiger partial charge in [-0.1, -0.05) is 13.3 Å². The molecule has 0 aliphatic heterocycles. The zero-order chi connectivity index (χ0) is 17.4. The summed E-state index contributed by atoms with van der Waals surface area (Å²) in [6.45, 7) is 4.08. The monoisotopic (exact) mass is 461 g/mol. The standard InChI is InChI=1S/C19H31N3O2.HI/c1-5-19(10-6-11-19)14-22-18(20-2)21-12-9-15-13-16(23-3)7-8-17(15)24-4;/h7-8,13H,5-6,9-12,14H2,1-4H3,(H2,20,21,22);1H. The van der Waals surface area contributed by atoms with Crippen molar-refractivity contribution in [3.8, 4) is 11.5 Å². The van der Waals surface area contributed by atoms with Crippen molar-refractivity contribution in [3.05, 3.63) is 23.8 Å². The Bertz CT molecular complexity index is 554. The van der Waals surface area contributed by atoms with Gasteiger partial charge in [0, 0.05) is 20.1 Å². The molecule has 0 heterocycles. The fraction of sp³-hybridized carbons (Fsp3) is 0.632. The summed E-state index contributed by atoms with van der Waals surface area (Å²) in [5, 5.41) is 6.88. The predicted octanol–water partition coefficient (Wildman–Crippen LogP) is 3.61. The van der Waals surface area contributed by atoms with Crippen molar-refractivity contribution in [2.24, 2.45) is 10.4 Å². The van der Waals surface area contributed by atoms with Gasteiger partial charge in [0.25, 0.3) is 0 Å². The molecule has 1 aromatic carbocycles. The molecule has 6 heteroatoms. The number of guanidine groups is 1. The number of aliphatic imine (C=N–C) groups is 1. The van der Waals surface area contributed by atoms with Crippen molar-refractivity contribution in [1.29, 1.82) is 0 Å². The molecule has 1 aromatic rings. The second kappa shape index (κ2) is 10.7. The van der Waals surface area contributed by atoms with Crippen LogP contribution >= 0.6 is 24.0 Å². The van der Waals surface area contributed by atoms with Gasteiger partial charge in [0.2, 0.25) is 0 Å². The molecule has 5 nitrogen and oxygen atoms in total. The fourth-order valence-electron chi connectivity index (χ4n) is 3.22. The summed E-state index contributed by atoms with van der Waals surface area (Å²) in [5.41, 5.74) is 1.61. The normalized spacial score (nSPS) is 15.6. The van der Waals surface area contributed by atoms with E-state index in [9.17, 15) is 0 Å². The van der Waals surface area contributed by atoms with Crippen molar-refractivity contribution in [1.82, 2.24) is 10.6 Å². The quantitative estimate of drug-likeness (QED) is 0.353. The van der Waals surface area contributed by atoms with Crippen LogP contribution in [0, 0.1) is 5.41 Å². The zero-order valence-electron chi connectivity index (χ0n) is 15.9. The molecule has 0 aromatic heterocycles. The van der Waals surface area contributed by atoms with Crippen LogP contribution in [0.15, 0.2) is 23.2 Å². The first kappa shape index (κ1) is 21.9. The van der Waals surface area contributed by atoms with Crippen molar-refractivity contribution in [2.75, 3.05) is 34.4 Å². The molecule has 0 atom stereocenters. The molecule has 0 saturated heterocycles. The maximum absolute atomic E-state index is 5.43. The van der Waals surface area contributed by atoms with E-state index >= 15 is 0 Å². The minimum atomic E-state index is 0. The topological polar surface area (TPSA) is 54.9 Å². The first-order valence-electron chi connectivity index (χ1n) is 8.82. The van der Waals surface area contributed by atoms with Crippen molar-refractivity contribution in [3.63, 3.8) is 0 Å². The van der Waals surface area contributed by atoms with Gasteiger partial charge in [-0.25, -0.2) is 0 Å². The molecule has 0 unspecified atom stereocenters. The van der Waals surface area contributed by atoms with Crippen molar-refractivity contribution in [2.45, 2.75) is 39.0 Å². The zero-order valence-corrected chi connectivity index (χ0v) is 18.2.